The summed E-state index contributed by atoms with van der Waals surface area (Å²) < 4.78 is 12.0. The molecule has 0 spiro atoms. The van der Waals surface area contributed by atoms with Gasteiger partial charge in [-0.1, -0.05) is 12.1 Å². The van der Waals surface area contributed by atoms with Crippen molar-refractivity contribution in [3.8, 4) is 11.5 Å². The van der Waals surface area contributed by atoms with E-state index in [0.29, 0.717) is 11.5 Å². The van der Waals surface area contributed by atoms with Gasteiger partial charge in [0.2, 0.25) is 5.91 Å². The molecule has 1 atom stereocenters. The van der Waals surface area contributed by atoms with E-state index in [1.54, 1.807) is 14.0 Å². The van der Waals surface area contributed by atoms with Crippen LogP contribution >= 0.6 is 22.6 Å². The molecule has 7 heteroatoms. The number of hydrogen-bond acceptors (Lipinski definition) is 4. The standard InChI is InChI=1S/C23H29IN2O4/c1-16(22(28)25-23(2,3)4)26(14-17-7-6-8-20(13-17)29-5)21(27)15-30-19-11-9-18(24)10-12-19/h6-13,16H,14-15H2,1-5H3,(H,25,28)/t16-/m0/s1. The summed E-state index contributed by atoms with van der Waals surface area (Å²) in [7, 11) is 1.59. The van der Waals surface area contributed by atoms with Crippen LogP contribution in [-0.4, -0.2) is 42.0 Å². The molecule has 0 saturated carbocycles. The first-order valence-electron chi connectivity index (χ1n) is 9.72. The minimum atomic E-state index is -0.664. The van der Waals surface area contributed by atoms with E-state index >= 15 is 0 Å². The van der Waals surface area contributed by atoms with Crippen molar-refractivity contribution in [1.29, 1.82) is 0 Å². The normalized spacial score (nSPS) is 12.1. The molecule has 0 aromatic heterocycles. The second-order valence-electron chi connectivity index (χ2n) is 8.03. The number of carbonyl (C=O) groups is 2. The van der Waals surface area contributed by atoms with Gasteiger partial charge in [0.1, 0.15) is 17.5 Å². The molecule has 6 nitrogen and oxygen atoms in total. The van der Waals surface area contributed by atoms with E-state index in [1.807, 2.05) is 69.3 Å². The Morgan fingerprint density at radius 3 is 2.37 bits per heavy atom. The topological polar surface area (TPSA) is 67.9 Å². The van der Waals surface area contributed by atoms with Crippen LogP contribution in [0, 0.1) is 3.57 Å². The Hall–Kier alpha value is -2.29. The number of rotatable bonds is 8. The molecule has 1 N–H and O–H groups in total. The first-order chi connectivity index (χ1) is 14.1. The number of nitrogens with one attached hydrogen (secondary N) is 1. The third-order valence-electron chi connectivity index (χ3n) is 4.33. The molecule has 0 fully saturated rings. The predicted molar refractivity (Wildman–Crippen MR) is 126 cm³/mol. The number of benzene rings is 2. The zero-order valence-electron chi connectivity index (χ0n) is 18.1. The number of carbonyl (C=O) groups excluding carboxylic acids is 2. The molecule has 2 rings (SSSR count). The second-order valence-corrected chi connectivity index (χ2v) is 9.28. The molecular weight excluding hydrogens is 495 g/mol. The monoisotopic (exact) mass is 524 g/mol. The van der Waals surface area contributed by atoms with Crippen molar-refractivity contribution in [3.05, 3.63) is 57.7 Å². The van der Waals surface area contributed by atoms with Gasteiger partial charge in [0.05, 0.1) is 7.11 Å². The summed E-state index contributed by atoms with van der Waals surface area (Å²) in [4.78, 5) is 27.3. The summed E-state index contributed by atoms with van der Waals surface area (Å²) in [6.45, 7) is 7.57. The van der Waals surface area contributed by atoms with E-state index in [0.717, 1.165) is 9.13 Å². The van der Waals surface area contributed by atoms with Gasteiger partial charge in [-0.3, -0.25) is 9.59 Å². The molecule has 0 saturated heterocycles. The van der Waals surface area contributed by atoms with Gasteiger partial charge in [-0.2, -0.15) is 0 Å². The number of halogens is 1. The Bertz CT molecular complexity index is 862. The minimum absolute atomic E-state index is 0.155. The highest BCUT2D eigenvalue weighted by Gasteiger charge is 2.28. The van der Waals surface area contributed by atoms with E-state index in [-0.39, 0.29) is 25.0 Å². The largest absolute Gasteiger partial charge is 0.497 e. The summed E-state index contributed by atoms with van der Waals surface area (Å²) in [5, 5.41) is 2.94. The highest BCUT2D eigenvalue weighted by molar-refractivity contribution is 14.1. The molecule has 0 heterocycles. The summed E-state index contributed by atoms with van der Waals surface area (Å²) in [5.41, 5.74) is 0.473. The van der Waals surface area contributed by atoms with Crippen LogP contribution < -0.4 is 14.8 Å². The summed E-state index contributed by atoms with van der Waals surface area (Å²) >= 11 is 2.21. The quantitative estimate of drug-likeness (QED) is 0.531. The number of ether oxygens (including phenoxy) is 2. The minimum Gasteiger partial charge on any atom is -0.497 e. The Kier molecular flexibility index (Phi) is 8.52. The van der Waals surface area contributed by atoms with Crippen LogP contribution in [0.1, 0.15) is 33.3 Å². The molecule has 30 heavy (non-hydrogen) atoms. The molecule has 0 radical (unpaired) electrons. The zero-order chi connectivity index (χ0) is 22.3. The van der Waals surface area contributed by atoms with Crippen LogP contribution in [0.15, 0.2) is 48.5 Å². The fourth-order valence-corrected chi connectivity index (χ4v) is 3.14. The van der Waals surface area contributed by atoms with Gasteiger partial charge < -0.3 is 19.7 Å². The third-order valence-corrected chi connectivity index (χ3v) is 5.05. The van der Waals surface area contributed by atoms with Crippen molar-refractivity contribution >= 4 is 34.4 Å². The highest BCUT2D eigenvalue weighted by atomic mass is 127. The molecule has 0 unspecified atom stereocenters. The van der Waals surface area contributed by atoms with E-state index in [9.17, 15) is 9.59 Å². The molecule has 2 aromatic carbocycles. The third kappa shape index (κ3) is 7.51. The van der Waals surface area contributed by atoms with Gasteiger partial charge in [0.25, 0.3) is 5.91 Å². The SMILES string of the molecule is COc1cccc(CN(C(=O)COc2ccc(I)cc2)[C@@H](C)C(=O)NC(C)(C)C)c1. The van der Waals surface area contributed by atoms with Gasteiger partial charge in [-0.15, -0.1) is 0 Å². The molecule has 2 amide bonds. The lowest BCUT2D eigenvalue weighted by atomic mass is 10.1. The van der Waals surface area contributed by atoms with Gasteiger partial charge in [0, 0.05) is 15.7 Å². The van der Waals surface area contributed by atoms with Gasteiger partial charge in [-0.05, 0) is 92.2 Å². The van der Waals surface area contributed by atoms with Crippen molar-refractivity contribution in [1.82, 2.24) is 10.2 Å². The zero-order valence-corrected chi connectivity index (χ0v) is 20.2. The van der Waals surface area contributed by atoms with E-state index in [2.05, 4.69) is 27.9 Å². The number of amides is 2. The van der Waals surface area contributed by atoms with E-state index in [4.69, 9.17) is 9.47 Å². The Morgan fingerprint density at radius 2 is 1.77 bits per heavy atom. The molecular formula is C23H29IN2O4. The fourth-order valence-electron chi connectivity index (χ4n) is 2.78. The van der Waals surface area contributed by atoms with Gasteiger partial charge >= 0.3 is 0 Å². The van der Waals surface area contributed by atoms with Crippen molar-refractivity contribution < 1.29 is 19.1 Å². The maximum Gasteiger partial charge on any atom is 0.261 e. The lowest BCUT2D eigenvalue weighted by Gasteiger charge is -2.31. The van der Waals surface area contributed by atoms with E-state index < -0.39 is 11.6 Å². The highest BCUT2D eigenvalue weighted by Crippen LogP contribution is 2.18. The predicted octanol–water partition coefficient (Wildman–Crippen LogP) is 4.01. The maximum atomic E-state index is 13.0. The van der Waals surface area contributed by atoms with Crippen LogP contribution in [-0.2, 0) is 16.1 Å². The van der Waals surface area contributed by atoms with Crippen LogP contribution in [0.2, 0.25) is 0 Å². The first kappa shape index (κ1) is 24.0. The Balaban J connectivity index is 2.18. The lowest BCUT2D eigenvalue weighted by molar-refractivity contribution is -0.142. The molecule has 0 aliphatic carbocycles. The first-order valence-corrected chi connectivity index (χ1v) is 10.8. The van der Waals surface area contributed by atoms with Gasteiger partial charge in [-0.25, -0.2) is 0 Å². The molecule has 0 aliphatic heterocycles. The van der Waals surface area contributed by atoms with E-state index in [1.165, 1.54) is 4.90 Å². The number of methoxy groups -OCH3 is 1. The van der Waals surface area contributed by atoms with Crippen molar-refractivity contribution in [2.45, 2.75) is 45.8 Å². The smallest absolute Gasteiger partial charge is 0.261 e. The average molecular weight is 524 g/mol. The summed E-state index contributed by atoms with van der Waals surface area (Å²) in [5.74, 6) is 0.819. The molecule has 0 aliphatic rings. The number of nitrogens with zero attached hydrogens (tertiary/aromatic N) is 1. The van der Waals surface area contributed by atoms with Crippen LogP contribution in [0.4, 0.5) is 0 Å². The number of hydrogen-bond donors (Lipinski definition) is 1. The van der Waals surface area contributed by atoms with Crippen molar-refractivity contribution in [2.24, 2.45) is 0 Å². The fraction of sp³-hybridized carbons (Fsp3) is 0.391. The maximum absolute atomic E-state index is 13.0. The molecule has 2 aromatic rings. The lowest BCUT2D eigenvalue weighted by Crippen LogP contribution is -2.53. The van der Waals surface area contributed by atoms with Crippen LogP contribution in [0.25, 0.3) is 0 Å². The van der Waals surface area contributed by atoms with Crippen molar-refractivity contribution in [2.75, 3.05) is 13.7 Å². The molecule has 162 valence electrons. The van der Waals surface area contributed by atoms with Gasteiger partial charge in [0.15, 0.2) is 6.61 Å². The average Bonchev–Trinajstić information content (AvgIpc) is 2.69. The molecule has 0 bridgehead atoms. The van der Waals surface area contributed by atoms with Crippen LogP contribution in [0.3, 0.4) is 0 Å². The second kappa shape index (κ2) is 10.7. The van der Waals surface area contributed by atoms with Crippen LogP contribution in [0.5, 0.6) is 11.5 Å². The summed E-state index contributed by atoms with van der Waals surface area (Å²) in [6, 6.07) is 14.2. The summed E-state index contributed by atoms with van der Waals surface area (Å²) in [6.07, 6.45) is 0. The Labute approximate surface area is 192 Å². The van der Waals surface area contributed by atoms with Crippen molar-refractivity contribution in [3.63, 3.8) is 0 Å². The Morgan fingerprint density at radius 1 is 1.10 bits per heavy atom.